The SMILES string of the molecule is C[C@H](OC1CCCCO1)c1nccn1Cc1cc(-c2ccc(C#CC3=CCN(C(=O)OC(C)(C)C)CC3)cc2)on1. The summed E-state index contributed by atoms with van der Waals surface area (Å²) in [6, 6.07) is 9.86. The summed E-state index contributed by atoms with van der Waals surface area (Å²) in [5, 5.41) is 4.28. The van der Waals surface area contributed by atoms with Gasteiger partial charge in [-0.25, -0.2) is 9.78 Å². The molecule has 0 N–H and O–H groups in total. The van der Waals surface area contributed by atoms with Gasteiger partial charge in [-0.3, -0.25) is 0 Å². The number of aromatic nitrogens is 3. The van der Waals surface area contributed by atoms with Gasteiger partial charge in [-0.2, -0.15) is 0 Å². The first-order valence-electron chi connectivity index (χ1n) is 14.3. The highest BCUT2D eigenvalue weighted by molar-refractivity contribution is 5.69. The fourth-order valence-corrected chi connectivity index (χ4v) is 4.76. The standard InChI is InChI=1S/C32H38N4O5/c1-23(39-29-7-5-6-20-38-29)30-33-16-19-36(30)22-27-21-28(41-34-27)26-12-10-24(11-13-26)8-9-25-14-17-35(18-15-25)31(37)40-32(2,3)4/h10-14,16,19,21,23,29H,5-7,15,17-18,20,22H2,1-4H3/t23-,29?/m0/s1. The molecule has 1 unspecified atom stereocenters. The number of amides is 1. The van der Waals surface area contributed by atoms with Crippen LogP contribution in [0.3, 0.4) is 0 Å². The first-order valence-corrected chi connectivity index (χ1v) is 14.3. The van der Waals surface area contributed by atoms with E-state index in [1.165, 1.54) is 0 Å². The van der Waals surface area contributed by atoms with Crippen LogP contribution in [0.25, 0.3) is 11.3 Å². The molecule has 1 fully saturated rings. The topological polar surface area (TPSA) is 91.9 Å². The zero-order valence-corrected chi connectivity index (χ0v) is 24.3. The van der Waals surface area contributed by atoms with Gasteiger partial charge < -0.3 is 28.2 Å². The Labute approximate surface area is 241 Å². The second-order valence-electron chi connectivity index (χ2n) is 11.4. The molecule has 0 aliphatic carbocycles. The maximum atomic E-state index is 12.3. The minimum atomic E-state index is -0.498. The second kappa shape index (κ2) is 12.8. The molecular formula is C32H38N4O5. The molecule has 5 rings (SSSR count). The second-order valence-corrected chi connectivity index (χ2v) is 11.4. The predicted octanol–water partition coefficient (Wildman–Crippen LogP) is 6.11. The van der Waals surface area contributed by atoms with Crippen molar-refractivity contribution in [3.63, 3.8) is 0 Å². The Morgan fingerprint density at radius 3 is 2.73 bits per heavy atom. The van der Waals surface area contributed by atoms with E-state index in [2.05, 4.69) is 22.0 Å². The Kier molecular flexibility index (Phi) is 8.91. The normalized spacial score (nSPS) is 18.3. The van der Waals surface area contributed by atoms with Gasteiger partial charge in [0.05, 0.1) is 6.54 Å². The molecule has 9 heteroatoms. The van der Waals surface area contributed by atoms with Crippen molar-refractivity contribution in [2.75, 3.05) is 19.7 Å². The summed E-state index contributed by atoms with van der Waals surface area (Å²) in [6.45, 7) is 10.00. The van der Waals surface area contributed by atoms with E-state index in [0.29, 0.717) is 31.8 Å². The van der Waals surface area contributed by atoms with Gasteiger partial charge in [0.25, 0.3) is 0 Å². The van der Waals surface area contributed by atoms with E-state index in [1.807, 2.05) is 74.9 Å². The van der Waals surface area contributed by atoms with E-state index >= 15 is 0 Å². The number of imidazole rings is 1. The lowest BCUT2D eigenvalue weighted by molar-refractivity contribution is -0.188. The summed E-state index contributed by atoms with van der Waals surface area (Å²) in [4.78, 5) is 18.5. The molecule has 0 radical (unpaired) electrons. The van der Waals surface area contributed by atoms with Crippen molar-refractivity contribution in [2.24, 2.45) is 0 Å². The third-order valence-electron chi connectivity index (χ3n) is 6.89. The first-order chi connectivity index (χ1) is 19.7. The zero-order valence-electron chi connectivity index (χ0n) is 24.3. The average molecular weight is 559 g/mol. The third kappa shape index (κ3) is 7.87. The zero-order chi connectivity index (χ0) is 28.8. The molecule has 0 bridgehead atoms. The molecule has 1 amide bonds. The Hall–Kier alpha value is -3.87. The lowest BCUT2D eigenvalue weighted by Crippen LogP contribution is -2.39. The molecule has 2 aliphatic rings. The number of carbonyl (C=O) groups is 1. The Bertz CT molecular complexity index is 1410. The molecule has 2 aromatic heterocycles. The monoisotopic (exact) mass is 558 g/mol. The van der Waals surface area contributed by atoms with E-state index in [1.54, 1.807) is 11.1 Å². The Morgan fingerprint density at radius 2 is 2.02 bits per heavy atom. The quantitative estimate of drug-likeness (QED) is 0.337. The summed E-state index contributed by atoms with van der Waals surface area (Å²) in [7, 11) is 0. The van der Waals surface area contributed by atoms with Crippen LogP contribution in [0.5, 0.6) is 0 Å². The van der Waals surface area contributed by atoms with Gasteiger partial charge in [0.2, 0.25) is 0 Å². The number of carbonyl (C=O) groups excluding carboxylic acids is 1. The van der Waals surface area contributed by atoms with Crippen LogP contribution in [0.4, 0.5) is 4.79 Å². The molecule has 4 heterocycles. The van der Waals surface area contributed by atoms with Gasteiger partial charge in [0, 0.05) is 54.9 Å². The molecule has 41 heavy (non-hydrogen) atoms. The highest BCUT2D eigenvalue weighted by atomic mass is 16.7. The van der Waals surface area contributed by atoms with E-state index < -0.39 is 5.60 Å². The fraction of sp³-hybridized carbons (Fsp3) is 0.469. The highest BCUT2D eigenvalue weighted by Crippen LogP contribution is 2.25. The molecule has 2 atom stereocenters. The van der Waals surface area contributed by atoms with Crippen LogP contribution in [0.15, 0.2) is 58.9 Å². The number of rotatable bonds is 6. The van der Waals surface area contributed by atoms with Crippen LogP contribution in [0.2, 0.25) is 0 Å². The Balaban J connectivity index is 1.16. The predicted molar refractivity (Wildman–Crippen MR) is 154 cm³/mol. The van der Waals surface area contributed by atoms with Gasteiger partial charge in [-0.05, 0) is 77.6 Å². The largest absolute Gasteiger partial charge is 0.444 e. The summed E-state index contributed by atoms with van der Waals surface area (Å²) >= 11 is 0. The summed E-state index contributed by atoms with van der Waals surface area (Å²) in [5.74, 6) is 7.99. The van der Waals surface area contributed by atoms with Crippen LogP contribution in [-0.4, -0.2) is 57.3 Å². The number of nitrogens with zero attached hydrogens (tertiary/aromatic N) is 4. The van der Waals surface area contributed by atoms with E-state index in [4.69, 9.17) is 18.7 Å². The smallest absolute Gasteiger partial charge is 0.410 e. The van der Waals surface area contributed by atoms with E-state index in [-0.39, 0.29) is 18.5 Å². The fourth-order valence-electron chi connectivity index (χ4n) is 4.76. The molecule has 3 aromatic rings. The van der Waals surface area contributed by atoms with E-state index in [9.17, 15) is 4.79 Å². The molecule has 9 nitrogen and oxygen atoms in total. The first kappa shape index (κ1) is 28.7. The van der Waals surface area contributed by atoms with Gasteiger partial charge in [-0.15, -0.1) is 0 Å². The third-order valence-corrected chi connectivity index (χ3v) is 6.89. The van der Waals surface area contributed by atoms with Crippen molar-refractivity contribution >= 4 is 6.09 Å². The lowest BCUT2D eigenvalue weighted by Gasteiger charge is -2.28. The lowest BCUT2D eigenvalue weighted by atomic mass is 10.1. The number of benzene rings is 1. The van der Waals surface area contributed by atoms with Gasteiger partial charge in [0.1, 0.15) is 23.2 Å². The van der Waals surface area contributed by atoms with Gasteiger partial charge >= 0.3 is 6.09 Å². The van der Waals surface area contributed by atoms with Crippen molar-refractivity contribution in [1.29, 1.82) is 0 Å². The number of hydrogen-bond donors (Lipinski definition) is 0. The average Bonchev–Trinajstić information content (AvgIpc) is 3.62. The van der Waals surface area contributed by atoms with Crippen LogP contribution in [0, 0.1) is 11.8 Å². The van der Waals surface area contributed by atoms with Crippen molar-refractivity contribution < 1.29 is 23.5 Å². The molecular weight excluding hydrogens is 520 g/mol. The van der Waals surface area contributed by atoms with Crippen molar-refractivity contribution in [3.8, 4) is 23.2 Å². The maximum Gasteiger partial charge on any atom is 0.410 e. The molecule has 2 aliphatic heterocycles. The molecule has 0 saturated carbocycles. The van der Waals surface area contributed by atoms with Crippen molar-refractivity contribution in [2.45, 2.75) is 77.9 Å². The Morgan fingerprint density at radius 1 is 1.20 bits per heavy atom. The summed E-state index contributed by atoms with van der Waals surface area (Å²) in [6.07, 6.45) is 8.87. The van der Waals surface area contributed by atoms with Crippen LogP contribution >= 0.6 is 0 Å². The van der Waals surface area contributed by atoms with Crippen molar-refractivity contribution in [3.05, 3.63) is 71.5 Å². The summed E-state index contributed by atoms with van der Waals surface area (Å²) < 4.78 is 25.0. The molecule has 0 spiro atoms. The summed E-state index contributed by atoms with van der Waals surface area (Å²) in [5.41, 5.74) is 3.16. The van der Waals surface area contributed by atoms with Gasteiger partial charge in [0.15, 0.2) is 12.1 Å². The minimum absolute atomic E-state index is 0.177. The van der Waals surface area contributed by atoms with E-state index in [0.717, 1.165) is 54.1 Å². The maximum absolute atomic E-state index is 12.3. The van der Waals surface area contributed by atoms with Crippen LogP contribution < -0.4 is 0 Å². The number of hydrogen-bond acceptors (Lipinski definition) is 7. The van der Waals surface area contributed by atoms with Gasteiger partial charge in [-0.1, -0.05) is 23.1 Å². The highest BCUT2D eigenvalue weighted by Gasteiger charge is 2.24. The van der Waals surface area contributed by atoms with Crippen LogP contribution in [0.1, 0.15) is 76.6 Å². The molecule has 1 aromatic carbocycles. The molecule has 216 valence electrons. The van der Waals surface area contributed by atoms with Crippen LogP contribution in [-0.2, 0) is 20.8 Å². The molecule has 1 saturated heterocycles. The number of ether oxygens (including phenoxy) is 3. The van der Waals surface area contributed by atoms with Crippen molar-refractivity contribution in [1.82, 2.24) is 19.6 Å². The minimum Gasteiger partial charge on any atom is -0.444 e.